The highest BCUT2D eigenvalue weighted by atomic mass is 16.4. The summed E-state index contributed by atoms with van der Waals surface area (Å²) in [6, 6.07) is 0.133. The van der Waals surface area contributed by atoms with Crippen LogP contribution in [-0.2, 0) is 4.79 Å². The number of carbonyl (C=O) groups excluding carboxylic acids is 1. The van der Waals surface area contributed by atoms with Gasteiger partial charge in [0, 0.05) is 19.1 Å². The first kappa shape index (κ1) is 17.8. The number of carboxylic acids is 1. The number of hydrogen-bond donors (Lipinski definition) is 2. The van der Waals surface area contributed by atoms with E-state index in [0.717, 1.165) is 25.7 Å². The zero-order valence-electron chi connectivity index (χ0n) is 13.7. The van der Waals surface area contributed by atoms with Crippen molar-refractivity contribution >= 4 is 12.0 Å². The van der Waals surface area contributed by atoms with Crippen molar-refractivity contribution in [2.24, 2.45) is 5.41 Å². The van der Waals surface area contributed by atoms with Crippen molar-refractivity contribution < 1.29 is 14.7 Å². The van der Waals surface area contributed by atoms with Crippen molar-refractivity contribution in [2.45, 2.75) is 71.8 Å². The number of unbranched alkanes of at least 4 members (excludes halogenated alkanes) is 1. The minimum absolute atomic E-state index is 0.0471. The average molecular weight is 298 g/mol. The summed E-state index contributed by atoms with van der Waals surface area (Å²) in [5.41, 5.74) is -0.626. The second-order valence-corrected chi connectivity index (χ2v) is 6.32. The number of piperidine rings is 1. The van der Waals surface area contributed by atoms with E-state index >= 15 is 0 Å². The van der Waals surface area contributed by atoms with Crippen LogP contribution >= 0.6 is 0 Å². The molecule has 0 spiro atoms. The van der Waals surface area contributed by atoms with Gasteiger partial charge in [0.15, 0.2) is 0 Å². The number of nitrogens with one attached hydrogen (secondary N) is 1. The van der Waals surface area contributed by atoms with E-state index in [0.29, 0.717) is 32.4 Å². The highest BCUT2D eigenvalue weighted by molar-refractivity contribution is 5.77. The van der Waals surface area contributed by atoms with Crippen LogP contribution in [0.1, 0.15) is 65.7 Å². The Kier molecular flexibility index (Phi) is 6.99. The van der Waals surface area contributed by atoms with E-state index in [1.54, 1.807) is 4.90 Å². The summed E-state index contributed by atoms with van der Waals surface area (Å²) in [4.78, 5) is 25.5. The van der Waals surface area contributed by atoms with Crippen molar-refractivity contribution in [1.82, 2.24) is 10.2 Å². The average Bonchev–Trinajstić information content (AvgIpc) is 2.45. The van der Waals surface area contributed by atoms with Gasteiger partial charge in [0.25, 0.3) is 0 Å². The summed E-state index contributed by atoms with van der Waals surface area (Å²) in [6.07, 6.45) is 5.92. The van der Waals surface area contributed by atoms with Crippen LogP contribution in [0, 0.1) is 5.41 Å². The third-order valence-electron chi connectivity index (χ3n) is 4.55. The van der Waals surface area contributed by atoms with Crippen molar-refractivity contribution in [2.75, 3.05) is 13.1 Å². The Balaban J connectivity index is 2.47. The van der Waals surface area contributed by atoms with Gasteiger partial charge in [0.1, 0.15) is 0 Å². The number of nitrogens with zero attached hydrogens (tertiary/aromatic N) is 1. The van der Waals surface area contributed by atoms with E-state index < -0.39 is 11.4 Å². The molecule has 122 valence electrons. The molecule has 1 aliphatic rings. The first-order chi connectivity index (χ1) is 9.95. The largest absolute Gasteiger partial charge is 0.481 e. The molecule has 1 unspecified atom stereocenters. The molecule has 21 heavy (non-hydrogen) atoms. The van der Waals surface area contributed by atoms with E-state index in [1.165, 1.54) is 0 Å². The molecular weight excluding hydrogens is 268 g/mol. The number of carboxylic acid groups (broad SMARTS) is 1. The molecule has 0 aromatic rings. The molecule has 1 fully saturated rings. The van der Waals surface area contributed by atoms with Crippen LogP contribution < -0.4 is 5.32 Å². The Labute approximate surface area is 128 Å². The van der Waals surface area contributed by atoms with Gasteiger partial charge in [-0.2, -0.15) is 0 Å². The number of likely N-dealkylation sites (tertiary alicyclic amines) is 1. The topological polar surface area (TPSA) is 69.6 Å². The molecule has 1 aliphatic heterocycles. The van der Waals surface area contributed by atoms with E-state index in [-0.39, 0.29) is 12.1 Å². The van der Waals surface area contributed by atoms with E-state index in [4.69, 9.17) is 0 Å². The Morgan fingerprint density at radius 1 is 1.24 bits per heavy atom. The molecule has 2 amide bonds. The minimum atomic E-state index is -0.708. The predicted molar refractivity (Wildman–Crippen MR) is 83.3 cm³/mol. The van der Waals surface area contributed by atoms with Gasteiger partial charge in [-0.15, -0.1) is 0 Å². The van der Waals surface area contributed by atoms with Gasteiger partial charge in [0.05, 0.1) is 5.41 Å². The minimum Gasteiger partial charge on any atom is -0.481 e. The van der Waals surface area contributed by atoms with Crippen LogP contribution in [0.2, 0.25) is 0 Å². The number of carbonyl (C=O) groups is 2. The molecular formula is C16H30N2O3. The van der Waals surface area contributed by atoms with Gasteiger partial charge in [-0.05, 0) is 32.6 Å². The fraction of sp³-hybridized carbons (Fsp3) is 0.875. The van der Waals surface area contributed by atoms with E-state index in [9.17, 15) is 14.7 Å². The second kappa shape index (κ2) is 8.25. The second-order valence-electron chi connectivity index (χ2n) is 6.32. The number of amides is 2. The fourth-order valence-electron chi connectivity index (χ4n) is 3.07. The summed E-state index contributed by atoms with van der Waals surface area (Å²) in [5.74, 6) is -0.708. The summed E-state index contributed by atoms with van der Waals surface area (Å²) in [6.45, 7) is 7.25. The van der Waals surface area contributed by atoms with Crippen LogP contribution in [0.15, 0.2) is 0 Å². The Bertz CT molecular complexity index is 349. The number of rotatable bonds is 7. The molecule has 1 saturated heterocycles. The highest BCUT2D eigenvalue weighted by Crippen LogP contribution is 2.36. The van der Waals surface area contributed by atoms with Crippen LogP contribution in [0.25, 0.3) is 0 Å². The Morgan fingerprint density at radius 2 is 1.86 bits per heavy atom. The van der Waals surface area contributed by atoms with Crippen molar-refractivity contribution in [1.29, 1.82) is 0 Å². The summed E-state index contributed by atoms with van der Waals surface area (Å²) < 4.78 is 0. The molecule has 2 N–H and O–H groups in total. The lowest BCUT2D eigenvalue weighted by Crippen LogP contribution is -2.51. The number of urea groups is 1. The maximum absolute atomic E-state index is 12.2. The molecule has 0 aromatic heterocycles. The molecule has 0 bridgehead atoms. The predicted octanol–water partition coefficient (Wildman–Crippen LogP) is 3.24. The maximum atomic E-state index is 12.2. The van der Waals surface area contributed by atoms with Crippen LogP contribution in [0.5, 0.6) is 0 Å². The molecule has 0 aliphatic carbocycles. The molecule has 5 nitrogen and oxygen atoms in total. The van der Waals surface area contributed by atoms with Gasteiger partial charge < -0.3 is 15.3 Å². The first-order valence-electron chi connectivity index (χ1n) is 8.24. The molecule has 1 atom stereocenters. The Hall–Kier alpha value is -1.26. The highest BCUT2D eigenvalue weighted by Gasteiger charge is 2.41. The standard InChI is InChI=1S/C16H30N2O3/c1-4-6-7-13(3)17-15(21)18-11-9-16(8-5-2,10-12-18)14(19)20/h13H,4-12H2,1-3H3,(H,17,21)(H,19,20). The first-order valence-corrected chi connectivity index (χ1v) is 8.24. The lowest BCUT2D eigenvalue weighted by Gasteiger charge is -2.39. The van der Waals surface area contributed by atoms with Gasteiger partial charge >= 0.3 is 12.0 Å². The SMILES string of the molecule is CCCCC(C)NC(=O)N1CCC(CCC)(C(=O)O)CC1. The van der Waals surface area contributed by atoms with Gasteiger partial charge in [-0.25, -0.2) is 4.79 Å². The maximum Gasteiger partial charge on any atom is 0.317 e. The molecule has 0 aromatic carbocycles. The van der Waals surface area contributed by atoms with Crippen LogP contribution in [-0.4, -0.2) is 41.1 Å². The van der Waals surface area contributed by atoms with E-state index in [2.05, 4.69) is 12.2 Å². The summed E-state index contributed by atoms with van der Waals surface area (Å²) >= 11 is 0. The smallest absolute Gasteiger partial charge is 0.317 e. The molecule has 0 saturated carbocycles. The van der Waals surface area contributed by atoms with Crippen molar-refractivity contribution in [3.63, 3.8) is 0 Å². The quantitative estimate of drug-likeness (QED) is 0.758. The third kappa shape index (κ3) is 4.90. The van der Waals surface area contributed by atoms with Gasteiger partial charge in [-0.1, -0.05) is 33.1 Å². The lowest BCUT2D eigenvalue weighted by atomic mass is 9.75. The van der Waals surface area contributed by atoms with Gasteiger partial charge in [-0.3, -0.25) is 4.79 Å². The van der Waals surface area contributed by atoms with Crippen molar-refractivity contribution in [3.8, 4) is 0 Å². The molecule has 0 radical (unpaired) electrons. The summed E-state index contributed by atoms with van der Waals surface area (Å²) in [7, 11) is 0. The van der Waals surface area contributed by atoms with Crippen LogP contribution in [0.3, 0.4) is 0 Å². The van der Waals surface area contributed by atoms with Crippen molar-refractivity contribution in [3.05, 3.63) is 0 Å². The molecule has 5 heteroatoms. The zero-order valence-corrected chi connectivity index (χ0v) is 13.7. The third-order valence-corrected chi connectivity index (χ3v) is 4.55. The lowest BCUT2D eigenvalue weighted by molar-refractivity contribution is -0.152. The van der Waals surface area contributed by atoms with Gasteiger partial charge in [0.2, 0.25) is 0 Å². The molecule has 1 rings (SSSR count). The zero-order chi connectivity index (χ0) is 15.9. The summed E-state index contributed by atoms with van der Waals surface area (Å²) in [5, 5.41) is 12.5. The van der Waals surface area contributed by atoms with E-state index in [1.807, 2.05) is 13.8 Å². The Morgan fingerprint density at radius 3 is 2.33 bits per heavy atom. The number of hydrogen-bond acceptors (Lipinski definition) is 2. The van der Waals surface area contributed by atoms with Crippen LogP contribution in [0.4, 0.5) is 4.79 Å². The normalized spacial score (nSPS) is 19.1. The number of aliphatic carboxylic acids is 1. The molecule has 1 heterocycles. The fourth-order valence-corrected chi connectivity index (χ4v) is 3.07. The monoisotopic (exact) mass is 298 g/mol.